The van der Waals surface area contributed by atoms with Gasteiger partial charge in [-0.05, 0) is 6.92 Å². The Labute approximate surface area is 98.2 Å². The number of rotatable bonds is 3. The molecule has 0 aliphatic carbocycles. The Morgan fingerprint density at radius 2 is 2.69 bits per heavy atom. The number of nitrogens with zero attached hydrogens (tertiary/aromatic N) is 1. The minimum atomic E-state index is -0.0388. The van der Waals surface area contributed by atoms with Gasteiger partial charge in [-0.2, -0.15) is 0 Å². The van der Waals surface area contributed by atoms with E-state index < -0.39 is 0 Å². The van der Waals surface area contributed by atoms with E-state index in [4.69, 9.17) is 4.74 Å². The van der Waals surface area contributed by atoms with Crippen molar-refractivity contribution in [2.45, 2.75) is 19.4 Å². The molecule has 1 fully saturated rings. The summed E-state index contributed by atoms with van der Waals surface area (Å²) in [6.07, 6.45) is 2.11. The van der Waals surface area contributed by atoms with Gasteiger partial charge in [-0.1, -0.05) is 0 Å². The minimum Gasteiger partial charge on any atom is -0.375 e. The van der Waals surface area contributed by atoms with Crippen LogP contribution in [0.25, 0.3) is 0 Å². The van der Waals surface area contributed by atoms with Crippen molar-refractivity contribution in [3.63, 3.8) is 0 Å². The summed E-state index contributed by atoms with van der Waals surface area (Å²) in [6.45, 7) is 4.24. The van der Waals surface area contributed by atoms with Gasteiger partial charge in [-0.15, -0.1) is 11.3 Å². The number of hydrogen-bond donors (Lipinski definition) is 2. The molecule has 0 radical (unpaired) electrons. The van der Waals surface area contributed by atoms with E-state index in [1.807, 2.05) is 6.92 Å². The van der Waals surface area contributed by atoms with Gasteiger partial charge in [0.1, 0.15) is 0 Å². The zero-order chi connectivity index (χ0) is 11.4. The number of nitrogens with one attached hydrogen (secondary N) is 2. The molecule has 2 N–H and O–H groups in total. The molecule has 0 spiro atoms. The molecule has 1 unspecified atom stereocenters. The number of aryl methyl sites for hydroxylation is 1. The second kappa shape index (κ2) is 5.38. The lowest BCUT2D eigenvalue weighted by Crippen LogP contribution is -2.40. The predicted octanol–water partition coefficient (Wildman–Crippen LogP) is 0.769. The zero-order valence-electron chi connectivity index (χ0n) is 9.16. The van der Waals surface area contributed by atoms with Crippen LogP contribution in [0.15, 0.2) is 6.20 Å². The maximum absolute atomic E-state index is 11.6. The highest BCUT2D eigenvalue weighted by Crippen LogP contribution is 2.17. The summed E-state index contributed by atoms with van der Waals surface area (Å²) in [4.78, 5) is 16.8. The van der Waals surface area contributed by atoms with Gasteiger partial charge in [0.2, 0.25) is 5.91 Å². The summed E-state index contributed by atoms with van der Waals surface area (Å²) in [5, 5.41) is 6.62. The van der Waals surface area contributed by atoms with Crippen LogP contribution < -0.4 is 10.6 Å². The lowest BCUT2D eigenvalue weighted by atomic mass is 10.2. The predicted molar refractivity (Wildman–Crippen MR) is 62.7 cm³/mol. The van der Waals surface area contributed by atoms with Gasteiger partial charge in [0.15, 0.2) is 5.13 Å². The Morgan fingerprint density at radius 3 is 3.31 bits per heavy atom. The van der Waals surface area contributed by atoms with E-state index in [1.165, 1.54) is 11.3 Å². The summed E-state index contributed by atoms with van der Waals surface area (Å²) in [6, 6.07) is 0. The van der Waals surface area contributed by atoms with Crippen LogP contribution >= 0.6 is 11.3 Å². The quantitative estimate of drug-likeness (QED) is 0.820. The number of aromatic nitrogens is 1. The highest BCUT2D eigenvalue weighted by atomic mass is 32.1. The molecular formula is C10H15N3O2S. The molecule has 2 rings (SSSR count). The Balaban J connectivity index is 1.79. The Bertz CT molecular complexity index is 361. The first-order valence-electron chi connectivity index (χ1n) is 5.28. The molecule has 6 heteroatoms. The topological polar surface area (TPSA) is 63.2 Å². The molecule has 1 amide bonds. The number of morpholine rings is 1. The van der Waals surface area contributed by atoms with Gasteiger partial charge in [0, 0.05) is 24.2 Å². The molecule has 1 aliphatic rings. The summed E-state index contributed by atoms with van der Waals surface area (Å²) >= 11 is 1.48. The number of ether oxygens (including phenoxy) is 1. The third-order valence-electron chi connectivity index (χ3n) is 2.29. The first-order chi connectivity index (χ1) is 7.74. The van der Waals surface area contributed by atoms with Crippen LogP contribution in [0.2, 0.25) is 0 Å². The summed E-state index contributed by atoms with van der Waals surface area (Å²) in [5.41, 5.74) is 0. The van der Waals surface area contributed by atoms with Gasteiger partial charge >= 0.3 is 0 Å². The minimum absolute atomic E-state index is 0.0187. The summed E-state index contributed by atoms with van der Waals surface area (Å²) in [5.74, 6) is -0.0388. The molecule has 1 atom stereocenters. The number of hydrogen-bond acceptors (Lipinski definition) is 5. The fraction of sp³-hybridized carbons (Fsp3) is 0.600. The number of thiazole rings is 1. The largest absolute Gasteiger partial charge is 0.375 e. The van der Waals surface area contributed by atoms with E-state index in [0.717, 1.165) is 18.0 Å². The zero-order valence-corrected chi connectivity index (χ0v) is 9.97. The number of carbonyl (C=O) groups is 1. The van der Waals surface area contributed by atoms with Crippen LogP contribution in [0.5, 0.6) is 0 Å². The SMILES string of the molecule is Cc1cnc(NC(=O)CC2CNCCO2)s1. The molecule has 0 bridgehead atoms. The van der Waals surface area contributed by atoms with Crippen molar-refractivity contribution in [2.24, 2.45) is 0 Å². The van der Waals surface area contributed by atoms with Gasteiger partial charge in [-0.3, -0.25) is 4.79 Å². The highest BCUT2D eigenvalue weighted by Gasteiger charge is 2.17. The number of carbonyl (C=O) groups excluding carboxylic acids is 1. The van der Waals surface area contributed by atoms with Crippen LogP contribution in [-0.2, 0) is 9.53 Å². The van der Waals surface area contributed by atoms with E-state index in [1.54, 1.807) is 6.20 Å². The lowest BCUT2D eigenvalue weighted by Gasteiger charge is -2.22. The van der Waals surface area contributed by atoms with Crippen molar-refractivity contribution in [3.8, 4) is 0 Å². The maximum atomic E-state index is 11.6. The average Bonchev–Trinajstić information content (AvgIpc) is 2.65. The average molecular weight is 241 g/mol. The third-order valence-corrected chi connectivity index (χ3v) is 3.11. The van der Waals surface area contributed by atoms with Crippen molar-refractivity contribution in [2.75, 3.05) is 25.0 Å². The van der Waals surface area contributed by atoms with Crippen molar-refractivity contribution in [1.82, 2.24) is 10.3 Å². The van der Waals surface area contributed by atoms with Crippen molar-refractivity contribution < 1.29 is 9.53 Å². The van der Waals surface area contributed by atoms with Crippen molar-refractivity contribution >= 4 is 22.4 Å². The van der Waals surface area contributed by atoms with Gasteiger partial charge in [0.25, 0.3) is 0 Å². The lowest BCUT2D eigenvalue weighted by molar-refractivity contribution is -0.119. The second-order valence-corrected chi connectivity index (χ2v) is 4.96. The highest BCUT2D eigenvalue weighted by molar-refractivity contribution is 7.15. The van der Waals surface area contributed by atoms with Crippen LogP contribution in [0.3, 0.4) is 0 Å². The molecule has 1 aromatic rings. The molecule has 5 nitrogen and oxygen atoms in total. The molecule has 88 valence electrons. The van der Waals surface area contributed by atoms with E-state index in [9.17, 15) is 4.79 Å². The van der Waals surface area contributed by atoms with Gasteiger partial charge < -0.3 is 15.4 Å². The molecule has 1 aromatic heterocycles. The normalized spacial score (nSPS) is 20.7. The van der Waals surface area contributed by atoms with E-state index in [2.05, 4.69) is 15.6 Å². The van der Waals surface area contributed by atoms with Crippen molar-refractivity contribution in [3.05, 3.63) is 11.1 Å². The standard InChI is InChI=1S/C10H15N3O2S/c1-7-5-12-10(16-7)13-9(14)4-8-6-11-2-3-15-8/h5,8,11H,2-4,6H2,1H3,(H,12,13,14). The summed E-state index contributed by atoms with van der Waals surface area (Å²) < 4.78 is 5.45. The number of anilines is 1. The smallest absolute Gasteiger partial charge is 0.228 e. The van der Waals surface area contributed by atoms with Crippen LogP contribution in [0, 0.1) is 6.92 Å². The third kappa shape index (κ3) is 3.26. The van der Waals surface area contributed by atoms with Gasteiger partial charge in [-0.25, -0.2) is 4.98 Å². The van der Waals surface area contributed by atoms with Gasteiger partial charge in [0.05, 0.1) is 19.1 Å². The monoisotopic (exact) mass is 241 g/mol. The molecule has 0 aromatic carbocycles. The molecule has 1 aliphatic heterocycles. The fourth-order valence-electron chi connectivity index (χ4n) is 1.54. The first-order valence-corrected chi connectivity index (χ1v) is 6.10. The first kappa shape index (κ1) is 11.5. The van der Waals surface area contributed by atoms with E-state index in [0.29, 0.717) is 18.2 Å². The molecule has 2 heterocycles. The molecule has 16 heavy (non-hydrogen) atoms. The van der Waals surface area contributed by atoms with Crippen LogP contribution in [0.4, 0.5) is 5.13 Å². The Morgan fingerprint density at radius 1 is 1.81 bits per heavy atom. The van der Waals surface area contributed by atoms with Crippen LogP contribution in [-0.4, -0.2) is 36.7 Å². The molecular weight excluding hydrogens is 226 g/mol. The summed E-state index contributed by atoms with van der Waals surface area (Å²) in [7, 11) is 0. The van der Waals surface area contributed by atoms with E-state index in [-0.39, 0.29) is 12.0 Å². The molecule has 1 saturated heterocycles. The second-order valence-electron chi connectivity index (χ2n) is 3.73. The Hall–Kier alpha value is -0.980. The van der Waals surface area contributed by atoms with E-state index >= 15 is 0 Å². The number of amides is 1. The fourth-order valence-corrected chi connectivity index (χ4v) is 2.22. The van der Waals surface area contributed by atoms with Crippen LogP contribution in [0.1, 0.15) is 11.3 Å². The van der Waals surface area contributed by atoms with Crippen molar-refractivity contribution in [1.29, 1.82) is 0 Å². The molecule has 0 saturated carbocycles. The Kier molecular flexibility index (Phi) is 3.87. The maximum Gasteiger partial charge on any atom is 0.228 e.